The molecule has 2 rings (SSSR count). The van der Waals surface area contributed by atoms with Gasteiger partial charge in [-0.1, -0.05) is 17.7 Å². The van der Waals surface area contributed by atoms with Gasteiger partial charge in [-0.25, -0.2) is 4.79 Å². The Bertz CT molecular complexity index is 681. The van der Waals surface area contributed by atoms with Gasteiger partial charge in [0.15, 0.2) is 6.61 Å². The molecule has 0 bridgehead atoms. The molecule has 0 radical (unpaired) electrons. The first kappa shape index (κ1) is 16.8. The van der Waals surface area contributed by atoms with E-state index < -0.39 is 5.97 Å². The highest BCUT2D eigenvalue weighted by molar-refractivity contribution is 5.94. The van der Waals surface area contributed by atoms with E-state index in [1.54, 1.807) is 25.3 Å². The fourth-order valence-electron chi connectivity index (χ4n) is 2.60. The SMILES string of the molecule is Cc1cc(C)c(C(=O)OCC(=O)N[C@H](C)c2ccco2)c(C)c1. The molecule has 2 aromatic rings. The number of hydrogen-bond donors (Lipinski definition) is 1. The molecule has 1 aromatic carbocycles. The van der Waals surface area contributed by atoms with Gasteiger partial charge in [0.25, 0.3) is 5.91 Å². The normalized spacial score (nSPS) is 11.8. The minimum atomic E-state index is -0.485. The molecule has 0 saturated heterocycles. The smallest absolute Gasteiger partial charge is 0.339 e. The van der Waals surface area contributed by atoms with Gasteiger partial charge in [0, 0.05) is 0 Å². The van der Waals surface area contributed by atoms with E-state index in [4.69, 9.17) is 9.15 Å². The fourth-order valence-corrected chi connectivity index (χ4v) is 2.60. The first-order valence-corrected chi connectivity index (χ1v) is 7.46. The molecule has 1 aromatic heterocycles. The number of aryl methyl sites for hydroxylation is 3. The topological polar surface area (TPSA) is 68.5 Å². The highest BCUT2D eigenvalue weighted by Crippen LogP contribution is 2.17. The van der Waals surface area contributed by atoms with Crippen LogP contribution in [-0.2, 0) is 9.53 Å². The summed E-state index contributed by atoms with van der Waals surface area (Å²) in [6.45, 7) is 7.16. The second-order valence-corrected chi connectivity index (χ2v) is 5.65. The highest BCUT2D eigenvalue weighted by atomic mass is 16.5. The summed E-state index contributed by atoms with van der Waals surface area (Å²) in [7, 11) is 0. The van der Waals surface area contributed by atoms with Crippen molar-refractivity contribution in [3.63, 3.8) is 0 Å². The van der Waals surface area contributed by atoms with E-state index in [1.807, 2.05) is 32.9 Å². The van der Waals surface area contributed by atoms with E-state index in [-0.39, 0.29) is 18.6 Å². The molecular formula is C18H21NO4. The van der Waals surface area contributed by atoms with Crippen molar-refractivity contribution in [3.05, 3.63) is 58.5 Å². The van der Waals surface area contributed by atoms with Crippen molar-refractivity contribution in [3.8, 4) is 0 Å². The number of esters is 1. The maximum absolute atomic E-state index is 12.2. The molecule has 5 heteroatoms. The van der Waals surface area contributed by atoms with Crippen molar-refractivity contribution >= 4 is 11.9 Å². The summed E-state index contributed by atoms with van der Waals surface area (Å²) in [5.41, 5.74) is 3.29. The summed E-state index contributed by atoms with van der Waals surface area (Å²) in [4.78, 5) is 24.1. The molecule has 122 valence electrons. The minimum Gasteiger partial charge on any atom is -0.467 e. The Morgan fingerprint density at radius 2 is 1.87 bits per heavy atom. The molecule has 0 fully saturated rings. The number of rotatable bonds is 5. The summed E-state index contributed by atoms with van der Waals surface area (Å²) in [6, 6.07) is 7.08. The molecule has 1 atom stereocenters. The summed E-state index contributed by atoms with van der Waals surface area (Å²) >= 11 is 0. The van der Waals surface area contributed by atoms with Gasteiger partial charge < -0.3 is 14.5 Å². The van der Waals surface area contributed by atoms with Crippen LogP contribution in [0.4, 0.5) is 0 Å². The molecule has 0 unspecified atom stereocenters. The van der Waals surface area contributed by atoms with Gasteiger partial charge >= 0.3 is 5.97 Å². The Balaban J connectivity index is 1.93. The maximum atomic E-state index is 12.2. The lowest BCUT2D eigenvalue weighted by Gasteiger charge is -2.13. The molecule has 0 aliphatic heterocycles. The minimum absolute atomic E-state index is 0.279. The van der Waals surface area contributed by atoms with E-state index in [0.29, 0.717) is 11.3 Å². The first-order valence-electron chi connectivity index (χ1n) is 7.46. The third kappa shape index (κ3) is 4.22. The summed E-state index contributed by atoms with van der Waals surface area (Å²) < 4.78 is 10.3. The third-order valence-corrected chi connectivity index (χ3v) is 3.56. The van der Waals surface area contributed by atoms with Crippen LogP contribution in [0.1, 0.15) is 45.8 Å². The first-order chi connectivity index (χ1) is 10.9. The molecule has 0 aliphatic rings. The third-order valence-electron chi connectivity index (χ3n) is 3.56. The van der Waals surface area contributed by atoms with Gasteiger partial charge in [0.1, 0.15) is 5.76 Å². The quantitative estimate of drug-likeness (QED) is 0.860. The molecule has 23 heavy (non-hydrogen) atoms. The molecule has 5 nitrogen and oxygen atoms in total. The van der Waals surface area contributed by atoms with Crippen LogP contribution in [0.25, 0.3) is 0 Å². The standard InChI is InChI=1S/C18H21NO4/c1-11-8-12(2)17(13(3)9-11)18(21)23-10-16(20)19-14(4)15-6-5-7-22-15/h5-9,14H,10H2,1-4H3,(H,19,20)/t14-/m1/s1. The van der Waals surface area contributed by atoms with Gasteiger partial charge in [0.2, 0.25) is 0 Å². The zero-order valence-electron chi connectivity index (χ0n) is 13.8. The van der Waals surface area contributed by atoms with E-state index in [0.717, 1.165) is 16.7 Å². The number of ether oxygens (including phenoxy) is 1. The van der Waals surface area contributed by atoms with Crippen LogP contribution in [0, 0.1) is 20.8 Å². The predicted octanol–water partition coefficient (Wildman–Crippen LogP) is 3.24. The largest absolute Gasteiger partial charge is 0.467 e. The molecule has 0 spiro atoms. The van der Waals surface area contributed by atoms with Crippen molar-refractivity contribution < 1.29 is 18.7 Å². The zero-order chi connectivity index (χ0) is 17.0. The number of hydrogen-bond acceptors (Lipinski definition) is 4. The number of benzene rings is 1. The lowest BCUT2D eigenvalue weighted by molar-refractivity contribution is -0.125. The Morgan fingerprint density at radius 3 is 2.43 bits per heavy atom. The molecule has 1 heterocycles. The average molecular weight is 315 g/mol. The van der Waals surface area contributed by atoms with Gasteiger partial charge in [0.05, 0.1) is 17.9 Å². The lowest BCUT2D eigenvalue weighted by atomic mass is 10.00. The number of furan rings is 1. The predicted molar refractivity (Wildman–Crippen MR) is 86.2 cm³/mol. The van der Waals surface area contributed by atoms with Crippen molar-refractivity contribution in [1.82, 2.24) is 5.32 Å². The number of carbonyl (C=O) groups excluding carboxylic acids is 2. The Hall–Kier alpha value is -2.56. The molecule has 1 N–H and O–H groups in total. The van der Waals surface area contributed by atoms with Crippen molar-refractivity contribution in [2.75, 3.05) is 6.61 Å². The van der Waals surface area contributed by atoms with Crippen molar-refractivity contribution in [2.45, 2.75) is 33.7 Å². The van der Waals surface area contributed by atoms with Gasteiger partial charge in [-0.05, 0) is 51.0 Å². The van der Waals surface area contributed by atoms with Crippen LogP contribution < -0.4 is 5.32 Å². The van der Waals surface area contributed by atoms with Gasteiger partial charge in [-0.2, -0.15) is 0 Å². The molecule has 0 saturated carbocycles. The summed E-state index contributed by atoms with van der Waals surface area (Å²) in [5.74, 6) is -0.208. The summed E-state index contributed by atoms with van der Waals surface area (Å²) in [5, 5.41) is 2.72. The highest BCUT2D eigenvalue weighted by Gasteiger charge is 2.17. The average Bonchev–Trinajstić information content (AvgIpc) is 2.98. The van der Waals surface area contributed by atoms with Crippen LogP contribution in [0.2, 0.25) is 0 Å². The second-order valence-electron chi connectivity index (χ2n) is 5.65. The summed E-state index contributed by atoms with van der Waals surface area (Å²) in [6.07, 6.45) is 1.54. The number of nitrogens with one attached hydrogen (secondary N) is 1. The van der Waals surface area contributed by atoms with Crippen LogP contribution >= 0.6 is 0 Å². The molecule has 0 aliphatic carbocycles. The fraction of sp³-hybridized carbons (Fsp3) is 0.333. The Labute approximate surface area is 135 Å². The lowest BCUT2D eigenvalue weighted by Crippen LogP contribution is -2.31. The van der Waals surface area contributed by atoms with Crippen LogP contribution in [0.5, 0.6) is 0 Å². The van der Waals surface area contributed by atoms with Crippen LogP contribution in [-0.4, -0.2) is 18.5 Å². The van der Waals surface area contributed by atoms with E-state index >= 15 is 0 Å². The number of amides is 1. The van der Waals surface area contributed by atoms with Crippen molar-refractivity contribution in [2.24, 2.45) is 0 Å². The molecule has 1 amide bonds. The number of carbonyl (C=O) groups is 2. The van der Waals surface area contributed by atoms with Gasteiger partial charge in [-0.3, -0.25) is 4.79 Å². The second kappa shape index (κ2) is 7.13. The van der Waals surface area contributed by atoms with Crippen LogP contribution in [0.15, 0.2) is 34.9 Å². The van der Waals surface area contributed by atoms with E-state index in [9.17, 15) is 9.59 Å². The van der Waals surface area contributed by atoms with Crippen LogP contribution in [0.3, 0.4) is 0 Å². The van der Waals surface area contributed by atoms with Gasteiger partial charge in [-0.15, -0.1) is 0 Å². The van der Waals surface area contributed by atoms with E-state index in [1.165, 1.54) is 0 Å². The van der Waals surface area contributed by atoms with E-state index in [2.05, 4.69) is 5.32 Å². The molecular weight excluding hydrogens is 294 g/mol. The monoisotopic (exact) mass is 315 g/mol. The Kier molecular flexibility index (Phi) is 5.21. The van der Waals surface area contributed by atoms with Crippen molar-refractivity contribution in [1.29, 1.82) is 0 Å². The maximum Gasteiger partial charge on any atom is 0.339 e. The zero-order valence-corrected chi connectivity index (χ0v) is 13.8. The Morgan fingerprint density at radius 1 is 1.22 bits per heavy atom.